The molecule has 0 atom stereocenters. The van der Waals surface area contributed by atoms with E-state index >= 15 is 0 Å². The molecule has 0 bridgehead atoms. The molecular weight excluding hydrogens is 282 g/mol. The van der Waals surface area contributed by atoms with Crippen molar-refractivity contribution in [3.05, 3.63) is 71.4 Å². The minimum atomic E-state index is 0.415. The Kier molecular flexibility index (Phi) is 3.39. The van der Waals surface area contributed by atoms with E-state index in [4.69, 9.17) is 17.3 Å². The summed E-state index contributed by atoms with van der Waals surface area (Å²) in [5.74, 6) is 0.415. The van der Waals surface area contributed by atoms with Gasteiger partial charge in [-0.2, -0.15) is 5.26 Å². The lowest BCUT2D eigenvalue weighted by Crippen LogP contribution is -1.99. The number of hydrogen-bond donors (Lipinski definition) is 1. The normalized spacial score (nSPS) is 10.3. The highest BCUT2D eigenvalue weighted by molar-refractivity contribution is 6.33. The van der Waals surface area contributed by atoms with Crippen LogP contribution in [0.5, 0.6) is 0 Å². The molecule has 21 heavy (non-hydrogen) atoms. The Hall–Kier alpha value is -2.70. The molecule has 0 aliphatic heterocycles. The van der Waals surface area contributed by atoms with Crippen molar-refractivity contribution in [2.45, 2.75) is 0 Å². The summed E-state index contributed by atoms with van der Waals surface area (Å²) in [5, 5.41) is 10.0. The van der Waals surface area contributed by atoms with Gasteiger partial charge in [-0.05, 0) is 18.2 Å². The lowest BCUT2D eigenvalue weighted by atomic mass is 10.1. The van der Waals surface area contributed by atoms with Crippen molar-refractivity contribution in [2.24, 2.45) is 0 Å². The smallest absolute Gasteiger partial charge is 0.126 e. The van der Waals surface area contributed by atoms with Crippen molar-refractivity contribution in [2.75, 3.05) is 5.73 Å². The minimum Gasteiger partial charge on any atom is -0.384 e. The molecule has 0 aliphatic rings. The zero-order chi connectivity index (χ0) is 14.8. The topological polar surface area (TPSA) is 54.7 Å². The van der Waals surface area contributed by atoms with Gasteiger partial charge in [-0.25, -0.2) is 0 Å². The summed E-state index contributed by atoms with van der Waals surface area (Å²) < 4.78 is 1.80. The van der Waals surface area contributed by atoms with Crippen molar-refractivity contribution in [3.63, 3.8) is 0 Å². The molecule has 102 valence electrons. The number of nitrogens with two attached hydrogens (primary N) is 1. The van der Waals surface area contributed by atoms with Crippen LogP contribution in [0.25, 0.3) is 16.8 Å². The molecule has 1 aromatic heterocycles. The fourth-order valence-electron chi connectivity index (χ4n) is 2.33. The van der Waals surface area contributed by atoms with Crippen LogP contribution in [0, 0.1) is 11.3 Å². The number of nitrogen functional groups attached to an aromatic ring is 1. The molecule has 0 aliphatic carbocycles. The Bertz CT molecular complexity index is 829. The fourth-order valence-corrected chi connectivity index (χ4v) is 2.56. The van der Waals surface area contributed by atoms with Gasteiger partial charge in [-0.1, -0.05) is 48.0 Å². The molecule has 0 saturated heterocycles. The van der Waals surface area contributed by atoms with Crippen LogP contribution in [0.1, 0.15) is 5.56 Å². The highest BCUT2D eigenvalue weighted by atomic mass is 35.5. The molecule has 3 nitrogen and oxygen atoms in total. The van der Waals surface area contributed by atoms with Gasteiger partial charge in [0.25, 0.3) is 0 Å². The van der Waals surface area contributed by atoms with Crippen molar-refractivity contribution in [1.82, 2.24) is 4.57 Å². The molecule has 0 unspecified atom stereocenters. The average molecular weight is 294 g/mol. The first-order chi connectivity index (χ1) is 10.2. The molecule has 0 radical (unpaired) electrons. The van der Waals surface area contributed by atoms with Crippen LogP contribution < -0.4 is 5.73 Å². The Morgan fingerprint density at radius 1 is 0.952 bits per heavy atom. The molecule has 0 saturated carbocycles. The predicted molar refractivity (Wildman–Crippen MR) is 85.3 cm³/mol. The van der Waals surface area contributed by atoms with Gasteiger partial charge < -0.3 is 10.3 Å². The van der Waals surface area contributed by atoms with E-state index < -0.39 is 0 Å². The lowest BCUT2D eigenvalue weighted by Gasteiger charge is -2.04. The quantitative estimate of drug-likeness (QED) is 0.768. The molecule has 4 heteroatoms. The first-order valence-electron chi connectivity index (χ1n) is 6.43. The third-order valence-electron chi connectivity index (χ3n) is 3.35. The van der Waals surface area contributed by atoms with Crippen LogP contribution in [-0.4, -0.2) is 4.57 Å². The first-order valence-corrected chi connectivity index (χ1v) is 6.81. The average Bonchev–Trinajstić information content (AvgIpc) is 2.85. The van der Waals surface area contributed by atoms with E-state index in [2.05, 4.69) is 6.07 Å². The summed E-state index contributed by atoms with van der Waals surface area (Å²) in [6.45, 7) is 0. The second-order valence-corrected chi connectivity index (χ2v) is 5.01. The number of aromatic nitrogens is 1. The third kappa shape index (κ3) is 2.26. The largest absolute Gasteiger partial charge is 0.384 e. The van der Waals surface area contributed by atoms with Crippen LogP contribution in [0.15, 0.2) is 60.8 Å². The van der Waals surface area contributed by atoms with E-state index in [0.29, 0.717) is 16.4 Å². The number of benzene rings is 2. The van der Waals surface area contributed by atoms with E-state index in [1.807, 2.05) is 54.7 Å². The maximum atomic E-state index is 9.43. The zero-order valence-corrected chi connectivity index (χ0v) is 11.9. The molecule has 0 fully saturated rings. The number of anilines is 1. The second-order valence-electron chi connectivity index (χ2n) is 4.60. The summed E-state index contributed by atoms with van der Waals surface area (Å²) in [7, 11) is 0. The van der Waals surface area contributed by atoms with Gasteiger partial charge in [0.1, 0.15) is 17.5 Å². The van der Waals surface area contributed by atoms with Crippen LogP contribution >= 0.6 is 11.6 Å². The molecule has 1 heterocycles. The minimum absolute atomic E-state index is 0.415. The van der Waals surface area contributed by atoms with Gasteiger partial charge in [0, 0.05) is 28.0 Å². The van der Waals surface area contributed by atoms with Gasteiger partial charge >= 0.3 is 0 Å². The first kappa shape index (κ1) is 13.3. The molecule has 0 spiro atoms. The van der Waals surface area contributed by atoms with E-state index in [1.165, 1.54) is 0 Å². The standard InChI is InChI=1S/C17H12ClN3/c18-16-9-5-4-8-13(16)15-11-21(17(20)14(15)10-19)12-6-2-1-3-7-12/h1-9,11H,20H2. The van der Waals surface area contributed by atoms with Gasteiger partial charge in [-0.3, -0.25) is 0 Å². The number of nitriles is 1. The Morgan fingerprint density at radius 2 is 1.62 bits per heavy atom. The van der Waals surface area contributed by atoms with Crippen LogP contribution in [0.3, 0.4) is 0 Å². The van der Waals surface area contributed by atoms with Crippen molar-refractivity contribution >= 4 is 17.4 Å². The molecule has 2 aromatic carbocycles. The van der Waals surface area contributed by atoms with E-state index in [-0.39, 0.29) is 0 Å². The molecule has 3 aromatic rings. The molecular formula is C17H12ClN3. The SMILES string of the molecule is N#Cc1c(-c2ccccc2Cl)cn(-c2ccccc2)c1N. The highest BCUT2D eigenvalue weighted by Crippen LogP contribution is 2.35. The lowest BCUT2D eigenvalue weighted by molar-refractivity contribution is 1.09. The number of halogens is 1. The Labute approximate surface area is 127 Å². The number of hydrogen-bond acceptors (Lipinski definition) is 2. The van der Waals surface area contributed by atoms with Crippen molar-refractivity contribution < 1.29 is 0 Å². The van der Waals surface area contributed by atoms with Gasteiger partial charge in [0.05, 0.1) is 0 Å². The van der Waals surface area contributed by atoms with Gasteiger partial charge in [0.15, 0.2) is 0 Å². The molecule has 3 rings (SSSR count). The zero-order valence-electron chi connectivity index (χ0n) is 11.1. The van der Waals surface area contributed by atoms with Crippen molar-refractivity contribution in [1.29, 1.82) is 5.26 Å². The van der Waals surface area contributed by atoms with E-state index in [9.17, 15) is 5.26 Å². The summed E-state index contributed by atoms with van der Waals surface area (Å²) in [6.07, 6.45) is 1.85. The number of rotatable bonds is 2. The summed E-state index contributed by atoms with van der Waals surface area (Å²) in [5.41, 5.74) is 9.02. The van der Waals surface area contributed by atoms with Crippen molar-refractivity contribution in [3.8, 4) is 22.9 Å². The Morgan fingerprint density at radius 3 is 2.29 bits per heavy atom. The highest BCUT2D eigenvalue weighted by Gasteiger charge is 2.17. The van der Waals surface area contributed by atoms with Crippen LogP contribution in [-0.2, 0) is 0 Å². The van der Waals surface area contributed by atoms with E-state index in [0.717, 1.165) is 16.8 Å². The fraction of sp³-hybridized carbons (Fsp3) is 0. The van der Waals surface area contributed by atoms with Gasteiger partial charge in [-0.15, -0.1) is 0 Å². The third-order valence-corrected chi connectivity index (χ3v) is 3.68. The maximum absolute atomic E-state index is 9.43. The second kappa shape index (κ2) is 5.35. The summed E-state index contributed by atoms with van der Waals surface area (Å²) >= 11 is 6.24. The summed E-state index contributed by atoms with van der Waals surface area (Å²) in [4.78, 5) is 0. The van der Waals surface area contributed by atoms with Crippen LogP contribution in [0.4, 0.5) is 5.82 Å². The predicted octanol–water partition coefficient (Wildman–Crippen LogP) is 4.25. The van der Waals surface area contributed by atoms with E-state index in [1.54, 1.807) is 10.6 Å². The van der Waals surface area contributed by atoms with Crippen LogP contribution in [0.2, 0.25) is 5.02 Å². The monoisotopic (exact) mass is 293 g/mol. The molecule has 0 amide bonds. The number of nitrogens with zero attached hydrogens (tertiary/aromatic N) is 2. The summed E-state index contributed by atoms with van der Waals surface area (Å²) in [6, 6.07) is 19.3. The van der Waals surface area contributed by atoms with Gasteiger partial charge in [0.2, 0.25) is 0 Å². The maximum Gasteiger partial charge on any atom is 0.126 e. The molecule has 2 N–H and O–H groups in total. The number of para-hydroxylation sites is 1. The Balaban J connectivity index is 2.25.